The normalized spacial score (nSPS) is 17.2. The van der Waals surface area contributed by atoms with Gasteiger partial charge in [-0.05, 0) is 12.8 Å². The second-order valence-corrected chi connectivity index (χ2v) is 5.47. The van der Waals surface area contributed by atoms with Crippen LogP contribution in [0.15, 0.2) is 5.38 Å². The molecule has 1 aliphatic carbocycles. The molecule has 1 aromatic heterocycles. The highest BCUT2D eigenvalue weighted by Gasteiger charge is 2.38. The van der Waals surface area contributed by atoms with Crippen molar-refractivity contribution in [3.05, 3.63) is 16.1 Å². The second-order valence-electron chi connectivity index (χ2n) is 4.53. The van der Waals surface area contributed by atoms with Gasteiger partial charge in [0.15, 0.2) is 5.69 Å². The number of rotatable bonds is 4. The molecule has 0 radical (unpaired) electrons. The Labute approximate surface area is 103 Å². The Hall–Kier alpha value is -1.43. The molecule has 1 aromatic rings. The molecular weight excluding hydrogens is 240 g/mol. The van der Waals surface area contributed by atoms with E-state index in [2.05, 4.69) is 10.3 Å². The van der Waals surface area contributed by atoms with Crippen LogP contribution in [0.1, 0.15) is 41.7 Å². The molecular formula is C11H14N2O3S. The van der Waals surface area contributed by atoms with Gasteiger partial charge in [-0.25, -0.2) is 9.78 Å². The number of hydrogen-bond acceptors (Lipinski definition) is 4. The zero-order valence-corrected chi connectivity index (χ0v) is 10.3. The summed E-state index contributed by atoms with van der Waals surface area (Å²) in [4.78, 5) is 26.3. The molecule has 0 bridgehead atoms. The van der Waals surface area contributed by atoms with Gasteiger partial charge >= 0.3 is 5.97 Å². The topological polar surface area (TPSA) is 79.3 Å². The summed E-state index contributed by atoms with van der Waals surface area (Å²) in [5.74, 6) is -0.999. The lowest BCUT2D eigenvalue weighted by atomic mass is 9.70. The van der Waals surface area contributed by atoms with Gasteiger partial charge in [-0.2, -0.15) is 0 Å². The average Bonchev–Trinajstić information content (AvgIpc) is 2.71. The van der Waals surface area contributed by atoms with Crippen LogP contribution in [0.5, 0.6) is 0 Å². The maximum Gasteiger partial charge on any atom is 0.355 e. The SMILES string of the molecule is CC1(C(=O)NCc2nc(C(=O)O)cs2)CCC1. The average molecular weight is 254 g/mol. The Bertz CT molecular complexity index is 451. The summed E-state index contributed by atoms with van der Waals surface area (Å²) in [5.41, 5.74) is -0.193. The van der Waals surface area contributed by atoms with E-state index in [0.29, 0.717) is 11.6 Å². The van der Waals surface area contributed by atoms with Crippen molar-refractivity contribution in [2.75, 3.05) is 0 Å². The van der Waals surface area contributed by atoms with Gasteiger partial charge in [0.05, 0.1) is 6.54 Å². The Morgan fingerprint density at radius 2 is 2.29 bits per heavy atom. The Kier molecular flexibility index (Phi) is 3.15. The number of carbonyl (C=O) groups is 2. The number of carboxylic acids is 1. The van der Waals surface area contributed by atoms with Gasteiger partial charge < -0.3 is 10.4 Å². The lowest BCUT2D eigenvalue weighted by molar-refractivity contribution is -0.134. The zero-order valence-electron chi connectivity index (χ0n) is 9.52. The molecule has 0 aromatic carbocycles. The maximum atomic E-state index is 11.8. The van der Waals surface area contributed by atoms with E-state index >= 15 is 0 Å². The summed E-state index contributed by atoms with van der Waals surface area (Å²) in [6.45, 7) is 2.27. The van der Waals surface area contributed by atoms with Gasteiger partial charge in [0.1, 0.15) is 5.01 Å². The van der Waals surface area contributed by atoms with Gasteiger partial charge in [-0.1, -0.05) is 13.3 Å². The van der Waals surface area contributed by atoms with Crippen LogP contribution in [0.25, 0.3) is 0 Å². The first-order chi connectivity index (χ1) is 8.01. The van der Waals surface area contributed by atoms with Crippen molar-refractivity contribution < 1.29 is 14.7 Å². The molecule has 1 heterocycles. The third-order valence-corrected chi connectivity index (χ3v) is 4.03. The fourth-order valence-electron chi connectivity index (χ4n) is 1.79. The molecule has 0 unspecified atom stereocenters. The van der Waals surface area contributed by atoms with E-state index in [1.54, 1.807) is 0 Å². The molecule has 2 rings (SSSR count). The van der Waals surface area contributed by atoms with E-state index in [1.807, 2.05) is 6.92 Å². The number of aromatic nitrogens is 1. The van der Waals surface area contributed by atoms with Gasteiger partial charge in [0.25, 0.3) is 0 Å². The summed E-state index contributed by atoms with van der Waals surface area (Å²) >= 11 is 1.25. The highest BCUT2D eigenvalue weighted by atomic mass is 32.1. The lowest BCUT2D eigenvalue weighted by Gasteiger charge is -2.36. The van der Waals surface area contributed by atoms with Gasteiger partial charge in [0, 0.05) is 10.8 Å². The number of carboxylic acid groups (broad SMARTS) is 1. The van der Waals surface area contributed by atoms with Crippen LogP contribution in [-0.4, -0.2) is 22.0 Å². The van der Waals surface area contributed by atoms with Crippen molar-refractivity contribution in [1.82, 2.24) is 10.3 Å². The van der Waals surface area contributed by atoms with Crippen LogP contribution >= 0.6 is 11.3 Å². The third kappa shape index (κ3) is 2.46. The van der Waals surface area contributed by atoms with Crippen LogP contribution < -0.4 is 5.32 Å². The summed E-state index contributed by atoms with van der Waals surface area (Å²) in [6, 6.07) is 0. The molecule has 6 heteroatoms. The number of nitrogens with zero attached hydrogens (tertiary/aromatic N) is 1. The van der Waals surface area contributed by atoms with Crippen molar-refractivity contribution in [2.45, 2.75) is 32.7 Å². The minimum atomic E-state index is -1.04. The Morgan fingerprint density at radius 1 is 1.59 bits per heavy atom. The van der Waals surface area contributed by atoms with Crippen molar-refractivity contribution >= 4 is 23.2 Å². The quantitative estimate of drug-likeness (QED) is 0.856. The van der Waals surface area contributed by atoms with Gasteiger partial charge in [0.2, 0.25) is 5.91 Å². The Balaban J connectivity index is 1.89. The predicted octanol–water partition coefficient (Wildman–Crippen LogP) is 1.65. The summed E-state index contributed by atoms with van der Waals surface area (Å²) < 4.78 is 0. The monoisotopic (exact) mass is 254 g/mol. The standard InChI is InChI=1S/C11H14N2O3S/c1-11(3-2-4-11)10(16)12-5-8-13-7(6-17-8)9(14)15/h6H,2-5H2,1H3,(H,12,16)(H,14,15). The van der Waals surface area contributed by atoms with Crippen LogP contribution in [0.3, 0.4) is 0 Å². The van der Waals surface area contributed by atoms with Crippen LogP contribution in [0.4, 0.5) is 0 Å². The highest BCUT2D eigenvalue weighted by molar-refractivity contribution is 7.09. The van der Waals surface area contributed by atoms with Crippen molar-refractivity contribution in [2.24, 2.45) is 5.41 Å². The number of amides is 1. The first-order valence-corrected chi connectivity index (χ1v) is 6.35. The first-order valence-electron chi connectivity index (χ1n) is 5.47. The number of nitrogens with one attached hydrogen (secondary N) is 1. The van der Waals surface area contributed by atoms with E-state index in [4.69, 9.17) is 5.11 Å². The number of thiazole rings is 1. The van der Waals surface area contributed by atoms with Crippen LogP contribution in [0.2, 0.25) is 0 Å². The van der Waals surface area contributed by atoms with Crippen molar-refractivity contribution in [1.29, 1.82) is 0 Å². The van der Waals surface area contributed by atoms with E-state index < -0.39 is 5.97 Å². The first kappa shape index (κ1) is 12.0. The third-order valence-electron chi connectivity index (χ3n) is 3.18. The fraction of sp³-hybridized carbons (Fsp3) is 0.545. The molecule has 17 heavy (non-hydrogen) atoms. The fourth-order valence-corrected chi connectivity index (χ4v) is 2.50. The van der Waals surface area contributed by atoms with Gasteiger partial charge in [-0.15, -0.1) is 11.3 Å². The smallest absolute Gasteiger partial charge is 0.355 e. The van der Waals surface area contributed by atoms with E-state index in [-0.39, 0.29) is 17.0 Å². The highest BCUT2D eigenvalue weighted by Crippen LogP contribution is 2.40. The molecule has 0 atom stereocenters. The number of carbonyl (C=O) groups excluding carboxylic acids is 1. The van der Waals surface area contributed by atoms with Crippen LogP contribution in [0, 0.1) is 5.41 Å². The minimum absolute atomic E-state index is 0.0362. The number of aromatic carboxylic acids is 1. The van der Waals surface area contributed by atoms with Crippen LogP contribution in [-0.2, 0) is 11.3 Å². The van der Waals surface area contributed by atoms with E-state index in [1.165, 1.54) is 16.7 Å². The molecule has 0 aliphatic heterocycles. The number of hydrogen-bond donors (Lipinski definition) is 2. The second kappa shape index (κ2) is 4.44. The lowest BCUT2D eigenvalue weighted by Crippen LogP contribution is -2.43. The minimum Gasteiger partial charge on any atom is -0.476 e. The Morgan fingerprint density at radius 3 is 2.76 bits per heavy atom. The zero-order chi connectivity index (χ0) is 12.5. The molecule has 1 saturated carbocycles. The summed E-state index contributed by atoms with van der Waals surface area (Å²) in [7, 11) is 0. The molecule has 0 spiro atoms. The van der Waals surface area contributed by atoms with E-state index in [0.717, 1.165) is 19.3 Å². The van der Waals surface area contributed by atoms with Crippen molar-refractivity contribution in [3.8, 4) is 0 Å². The molecule has 92 valence electrons. The molecule has 1 aliphatic rings. The molecule has 2 N–H and O–H groups in total. The summed E-state index contributed by atoms with van der Waals surface area (Å²) in [5, 5.41) is 13.6. The molecule has 5 nitrogen and oxygen atoms in total. The predicted molar refractivity (Wildman–Crippen MR) is 62.9 cm³/mol. The van der Waals surface area contributed by atoms with E-state index in [9.17, 15) is 9.59 Å². The summed E-state index contributed by atoms with van der Waals surface area (Å²) in [6.07, 6.45) is 2.96. The molecule has 1 fully saturated rings. The van der Waals surface area contributed by atoms with Crippen molar-refractivity contribution in [3.63, 3.8) is 0 Å². The molecule has 1 amide bonds. The maximum absolute atomic E-state index is 11.8. The van der Waals surface area contributed by atoms with Gasteiger partial charge in [-0.3, -0.25) is 4.79 Å². The largest absolute Gasteiger partial charge is 0.476 e. The molecule has 0 saturated heterocycles.